The highest BCUT2D eigenvalue weighted by Crippen LogP contribution is 2.41. The van der Waals surface area contributed by atoms with Gasteiger partial charge in [-0.15, -0.1) is 0 Å². The van der Waals surface area contributed by atoms with Crippen LogP contribution in [-0.2, 0) is 17.4 Å². The predicted molar refractivity (Wildman–Crippen MR) is 101 cm³/mol. The number of ether oxygens (including phenoxy) is 1. The van der Waals surface area contributed by atoms with Crippen LogP contribution in [0.5, 0.6) is 11.5 Å². The lowest BCUT2D eigenvalue weighted by molar-refractivity contribution is 0.302. The van der Waals surface area contributed by atoms with Gasteiger partial charge >= 0.3 is 0 Å². The van der Waals surface area contributed by atoms with Crippen molar-refractivity contribution in [2.45, 2.75) is 59.0 Å². The van der Waals surface area contributed by atoms with Gasteiger partial charge < -0.3 is 9.84 Å². The molecule has 0 spiro atoms. The first-order valence-corrected chi connectivity index (χ1v) is 8.52. The van der Waals surface area contributed by atoms with Crippen molar-refractivity contribution in [3.05, 3.63) is 58.7 Å². The molecule has 2 aromatic carbocycles. The predicted octanol–water partition coefficient (Wildman–Crippen LogP) is 5.44. The molecule has 0 aliphatic rings. The summed E-state index contributed by atoms with van der Waals surface area (Å²) in [6.45, 7) is 12.9. The Hall–Kier alpha value is -2.47. The maximum Gasteiger partial charge on any atom is 0.123 e. The van der Waals surface area contributed by atoms with Gasteiger partial charge in [-0.2, -0.15) is 5.26 Å². The molecule has 0 amide bonds. The van der Waals surface area contributed by atoms with Gasteiger partial charge in [0.05, 0.1) is 11.6 Å². The number of nitrogens with zero attached hydrogens (tertiary/aromatic N) is 1. The molecule has 0 fully saturated rings. The molecule has 0 bridgehead atoms. The zero-order chi connectivity index (χ0) is 18.8. The van der Waals surface area contributed by atoms with Crippen molar-refractivity contribution in [2.24, 2.45) is 0 Å². The van der Waals surface area contributed by atoms with Crippen molar-refractivity contribution < 1.29 is 9.84 Å². The maximum absolute atomic E-state index is 10.7. The topological polar surface area (TPSA) is 53.2 Å². The van der Waals surface area contributed by atoms with Gasteiger partial charge in [0, 0.05) is 11.1 Å². The Balaban J connectivity index is 2.39. The fourth-order valence-electron chi connectivity index (χ4n) is 2.73. The molecule has 0 saturated carbocycles. The van der Waals surface area contributed by atoms with E-state index < -0.39 is 0 Å². The number of rotatable bonds is 3. The van der Waals surface area contributed by atoms with Crippen LogP contribution in [0.4, 0.5) is 0 Å². The Morgan fingerprint density at radius 1 is 0.960 bits per heavy atom. The first kappa shape index (κ1) is 18.9. The minimum Gasteiger partial charge on any atom is -0.507 e. The summed E-state index contributed by atoms with van der Waals surface area (Å²) in [6, 6.07) is 13.4. The zero-order valence-electron chi connectivity index (χ0n) is 16.0. The standard InChI is InChI=1S/C22H27NO2/c1-21(2,3)18-11-17(12-19(20(18)24)22(4,5)6)25-14-16-9-7-8-15(10-16)13-23/h7-12,24H,14H2,1-6H3. The third-order valence-corrected chi connectivity index (χ3v) is 4.16. The van der Waals surface area contributed by atoms with E-state index in [1.807, 2.05) is 30.3 Å². The molecular weight excluding hydrogens is 310 g/mol. The van der Waals surface area contributed by atoms with E-state index in [0.717, 1.165) is 22.4 Å². The van der Waals surface area contributed by atoms with Gasteiger partial charge in [-0.25, -0.2) is 0 Å². The van der Waals surface area contributed by atoms with Crippen LogP contribution in [0.1, 0.15) is 63.8 Å². The Morgan fingerprint density at radius 3 is 2.00 bits per heavy atom. The van der Waals surface area contributed by atoms with Crippen LogP contribution in [0.25, 0.3) is 0 Å². The van der Waals surface area contributed by atoms with E-state index in [2.05, 4.69) is 47.6 Å². The summed E-state index contributed by atoms with van der Waals surface area (Å²) in [5, 5.41) is 19.8. The molecule has 0 aliphatic heterocycles. The summed E-state index contributed by atoms with van der Waals surface area (Å²) < 4.78 is 6.00. The summed E-state index contributed by atoms with van der Waals surface area (Å²) in [5.41, 5.74) is 2.94. The van der Waals surface area contributed by atoms with Gasteiger partial charge in [0.1, 0.15) is 18.1 Å². The Labute approximate surface area is 150 Å². The zero-order valence-corrected chi connectivity index (χ0v) is 16.0. The average molecular weight is 337 g/mol. The molecule has 2 rings (SSSR count). The van der Waals surface area contributed by atoms with Gasteiger partial charge in [-0.3, -0.25) is 0 Å². The monoisotopic (exact) mass is 337 g/mol. The van der Waals surface area contributed by atoms with E-state index in [1.165, 1.54) is 0 Å². The molecule has 0 heterocycles. The number of nitriles is 1. The van der Waals surface area contributed by atoms with E-state index in [1.54, 1.807) is 6.07 Å². The summed E-state index contributed by atoms with van der Waals surface area (Å²) in [7, 11) is 0. The minimum atomic E-state index is -0.190. The van der Waals surface area contributed by atoms with Crippen LogP contribution < -0.4 is 4.74 Å². The smallest absolute Gasteiger partial charge is 0.123 e. The fourth-order valence-corrected chi connectivity index (χ4v) is 2.73. The molecule has 132 valence electrons. The number of phenols is 1. The Bertz CT molecular complexity index is 767. The number of phenolic OH excluding ortho intramolecular Hbond substituents is 1. The fraction of sp³-hybridized carbons (Fsp3) is 0.409. The third-order valence-electron chi connectivity index (χ3n) is 4.16. The van der Waals surface area contributed by atoms with Crippen molar-refractivity contribution >= 4 is 0 Å². The second kappa shape index (κ2) is 6.80. The normalized spacial score (nSPS) is 11.9. The molecule has 25 heavy (non-hydrogen) atoms. The quantitative estimate of drug-likeness (QED) is 0.811. The lowest BCUT2D eigenvalue weighted by Crippen LogP contribution is -2.17. The average Bonchev–Trinajstić information content (AvgIpc) is 2.51. The molecule has 0 radical (unpaired) electrons. The van der Waals surface area contributed by atoms with E-state index >= 15 is 0 Å². The van der Waals surface area contributed by atoms with Gasteiger partial charge in [-0.05, 0) is 40.7 Å². The van der Waals surface area contributed by atoms with Crippen molar-refractivity contribution in [1.29, 1.82) is 5.26 Å². The van der Waals surface area contributed by atoms with Crippen LogP contribution in [0.2, 0.25) is 0 Å². The largest absolute Gasteiger partial charge is 0.507 e. The third kappa shape index (κ3) is 4.54. The van der Waals surface area contributed by atoms with Crippen LogP contribution >= 0.6 is 0 Å². The lowest BCUT2D eigenvalue weighted by Gasteiger charge is -2.28. The van der Waals surface area contributed by atoms with Gasteiger partial charge in [-0.1, -0.05) is 53.7 Å². The second-order valence-corrected chi connectivity index (χ2v) is 8.47. The highest BCUT2D eigenvalue weighted by atomic mass is 16.5. The van der Waals surface area contributed by atoms with Crippen LogP contribution in [0.3, 0.4) is 0 Å². The van der Waals surface area contributed by atoms with E-state index in [0.29, 0.717) is 17.9 Å². The minimum absolute atomic E-state index is 0.190. The summed E-state index contributed by atoms with van der Waals surface area (Å²) in [6.07, 6.45) is 0. The number of hydrogen-bond acceptors (Lipinski definition) is 3. The molecule has 0 aromatic heterocycles. The first-order valence-electron chi connectivity index (χ1n) is 8.52. The highest BCUT2D eigenvalue weighted by molar-refractivity contribution is 5.52. The van der Waals surface area contributed by atoms with Crippen LogP contribution in [0.15, 0.2) is 36.4 Å². The lowest BCUT2D eigenvalue weighted by atomic mass is 9.79. The molecule has 3 heteroatoms. The van der Waals surface area contributed by atoms with E-state index in [4.69, 9.17) is 10.00 Å². The summed E-state index contributed by atoms with van der Waals surface area (Å²) in [4.78, 5) is 0. The number of benzene rings is 2. The Kier molecular flexibility index (Phi) is 5.13. The molecule has 0 atom stereocenters. The molecule has 2 aromatic rings. The van der Waals surface area contributed by atoms with Crippen LogP contribution in [-0.4, -0.2) is 5.11 Å². The first-order chi connectivity index (χ1) is 11.5. The van der Waals surface area contributed by atoms with Gasteiger partial charge in [0.15, 0.2) is 0 Å². The Morgan fingerprint density at radius 2 is 1.52 bits per heavy atom. The van der Waals surface area contributed by atoms with E-state index in [9.17, 15) is 5.11 Å². The van der Waals surface area contributed by atoms with Crippen molar-refractivity contribution in [2.75, 3.05) is 0 Å². The van der Waals surface area contributed by atoms with E-state index in [-0.39, 0.29) is 10.8 Å². The number of hydrogen-bond donors (Lipinski definition) is 1. The van der Waals surface area contributed by atoms with Crippen LogP contribution in [0, 0.1) is 11.3 Å². The molecule has 0 unspecified atom stereocenters. The summed E-state index contributed by atoms with van der Waals surface area (Å²) >= 11 is 0. The molecule has 1 N–H and O–H groups in total. The van der Waals surface area contributed by atoms with Crippen molar-refractivity contribution in [3.8, 4) is 17.6 Å². The molecule has 3 nitrogen and oxygen atoms in total. The summed E-state index contributed by atoms with van der Waals surface area (Å²) in [5.74, 6) is 1.08. The number of aromatic hydroxyl groups is 1. The van der Waals surface area contributed by atoms with Crippen molar-refractivity contribution in [3.63, 3.8) is 0 Å². The van der Waals surface area contributed by atoms with Gasteiger partial charge in [0.25, 0.3) is 0 Å². The maximum atomic E-state index is 10.7. The second-order valence-electron chi connectivity index (χ2n) is 8.47. The highest BCUT2D eigenvalue weighted by Gasteiger charge is 2.26. The molecule has 0 saturated heterocycles. The van der Waals surface area contributed by atoms with Gasteiger partial charge in [0.2, 0.25) is 0 Å². The SMILES string of the molecule is CC(C)(C)c1cc(OCc2cccc(C#N)c2)cc(C(C)(C)C)c1O. The molecule has 0 aliphatic carbocycles. The van der Waals surface area contributed by atoms with Crippen molar-refractivity contribution in [1.82, 2.24) is 0 Å². The molecular formula is C22H27NO2.